The smallest absolute Gasteiger partial charge is 0.407 e. The van der Waals surface area contributed by atoms with Gasteiger partial charge in [0.2, 0.25) is 11.8 Å². The predicted molar refractivity (Wildman–Crippen MR) is 93.4 cm³/mol. The van der Waals surface area contributed by atoms with E-state index in [0.29, 0.717) is 45.4 Å². The molecule has 2 saturated heterocycles. The molecule has 3 rings (SSSR count). The summed E-state index contributed by atoms with van der Waals surface area (Å²) in [5.74, 6) is -0.438. The summed E-state index contributed by atoms with van der Waals surface area (Å²) in [6.07, 6.45) is 2.96. The quantitative estimate of drug-likeness (QED) is 0.806. The molecule has 1 aromatic heterocycles. The highest BCUT2D eigenvalue weighted by atomic mass is 16.4. The Labute approximate surface area is 152 Å². The first kappa shape index (κ1) is 18.2. The van der Waals surface area contributed by atoms with Crippen molar-refractivity contribution in [1.82, 2.24) is 20.1 Å². The third-order valence-electron chi connectivity index (χ3n) is 5.11. The number of aromatic nitrogens is 1. The van der Waals surface area contributed by atoms with Gasteiger partial charge in [-0.1, -0.05) is 6.07 Å². The Bertz CT molecular complexity index is 658. The maximum atomic E-state index is 12.4. The van der Waals surface area contributed by atoms with E-state index in [0.717, 1.165) is 5.69 Å². The van der Waals surface area contributed by atoms with Crippen LogP contribution in [-0.2, 0) is 16.0 Å². The summed E-state index contributed by atoms with van der Waals surface area (Å²) in [5.41, 5.74) is 0.919. The molecule has 1 atom stereocenters. The van der Waals surface area contributed by atoms with Crippen molar-refractivity contribution < 1.29 is 19.5 Å². The summed E-state index contributed by atoms with van der Waals surface area (Å²) in [7, 11) is 0. The lowest BCUT2D eigenvalue weighted by Gasteiger charge is -2.35. The fourth-order valence-corrected chi connectivity index (χ4v) is 3.63. The number of carbonyl (C=O) groups excluding carboxylic acids is 2. The molecule has 0 spiro atoms. The monoisotopic (exact) mass is 360 g/mol. The lowest BCUT2D eigenvalue weighted by atomic mass is 10.0. The van der Waals surface area contributed by atoms with Gasteiger partial charge in [-0.15, -0.1) is 0 Å². The zero-order chi connectivity index (χ0) is 18.5. The second-order valence-electron chi connectivity index (χ2n) is 6.81. The van der Waals surface area contributed by atoms with Crippen molar-refractivity contribution in [2.45, 2.75) is 31.7 Å². The van der Waals surface area contributed by atoms with E-state index < -0.39 is 6.09 Å². The van der Waals surface area contributed by atoms with Crippen molar-refractivity contribution >= 4 is 17.9 Å². The van der Waals surface area contributed by atoms with Crippen molar-refractivity contribution in [1.29, 1.82) is 0 Å². The van der Waals surface area contributed by atoms with Crippen molar-refractivity contribution in [3.8, 4) is 0 Å². The van der Waals surface area contributed by atoms with Gasteiger partial charge < -0.3 is 20.2 Å². The number of hydrogen-bond donors (Lipinski definition) is 2. The van der Waals surface area contributed by atoms with Crippen LogP contribution in [0, 0.1) is 5.92 Å². The van der Waals surface area contributed by atoms with Crippen LogP contribution >= 0.6 is 0 Å². The number of nitrogens with one attached hydrogen (secondary N) is 1. The third-order valence-corrected chi connectivity index (χ3v) is 5.11. The summed E-state index contributed by atoms with van der Waals surface area (Å²) in [5, 5.41) is 11.9. The molecule has 8 heteroatoms. The molecule has 0 saturated carbocycles. The van der Waals surface area contributed by atoms with Gasteiger partial charge in [0.1, 0.15) is 0 Å². The molecule has 1 aromatic rings. The van der Waals surface area contributed by atoms with Crippen LogP contribution in [0.5, 0.6) is 0 Å². The van der Waals surface area contributed by atoms with E-state index in [-0.39, 0.29) is 30.2 Å². The molecule has 0 aliphatic carbocycles. The Morgan fingerprint density at radius 1 is 1.27 bits per heavy atom. The number of nitrogens with zero attached hydrogens (tertiary/aromatic N) is 3. The number of pyridine rings is 1. The van der Waals surface area contributed by atoms with Crippen molar-refractivity contribution in [2.75, 3.05) is 26.2 Å². The van der Waals surface area contributed by atoms with Crippen LogP contribution < -0.4 is 5.32 Å². The second kappa shape index (κ2) is 8.16. The average Bonchev–Trinajstić information content (AvgIpc) is 3.04. The van der Waals surface area contributed by atoms with E-state index in [1.807, 2.05) is 18.2 Å². The van der Waals surface area contributed by atoms with E-state index in [1.165, 1.54) is 4.90 Å². The summed E-state index contributed by atoms with van der Waals surface area (Å²) in [6.45, 7) is 1.79. The molecule has 3 heterocycles. The normalized spacial score (nSPS) is 21.1. The highest BCUT2D eigenvalue weighted by Gasteiger charge is 2.39. The molecule has 2 fully saturated rings. The lowest BCUT2D eigenvalue weighted by Crippen LogP contribution is -2.47. The third kappa shape index (κ3) is 4.30. The van der Waals surface area contributed by atoms with Gasteiger partial charge >= 0.3 is 6.09 Å². The van der Waals surface area contributed by atoms with Gasteiger partial charge in [0, 0.05) is 57.0 Å². The molecule has 2 aliphatic rings. The molecule has 1 unspecified atom stereocenters. The number of hydrogen-bond acceptors (Lipinski definition) is 4. The van der Waals surface area contributed by atoms with Gasteiger partial charge in [0.25, 0.3) is 0 Å². The largest absolute Gasteiger partial charge is 0.465 e. The molecule has 2 N–H and O–H groups in total. The summed E-state index contributed by atoms with van der Waals surface area (Å²) in [6, 6.07) is 5.70. The first-order valence-corrected chi connectivity index (χ1v) is 8.99. The Morgan fingerprint density at radius 2 is 2.04 bits per heavy atom. The number of amides is 3. The predicted octanol–water partition coefficient (Wildman–Crippen LogP) is 0.731. The summed E-state index contributed by atoms with van der Waals surface area (Å²) >= 11 is 0. The Balaban J connectivity index is 1.45. The topological polar surface area (TPSA) is 103 Å². The van der Waals surface area contributed by atoms with E-state index in [9.17, 15) is 14.4 Å². The van der Waals surface area contributed by atoms with Gasteiger partial charge in [0.15, 0.2) is 0 Å². The minimum absolute atomic E-state index is 0.0105. The van der Waals surface area contributed by atoms with Crippen LogP contribution in [0.15, 0.2) is 24.4 Å². The number of rotatable bonds is 5. The second-order valence-corrected chi connectivity index (χ2v) is 6.81. The molecule has 0 aromatic carbocycles. The van der Waals surface area contributed by atoms with E-state index >= 15 is 0 Å². The SMILES string of the molecule is O=C(NCCc1ccccn1)C1CC(=O)N(C2CCN(C(=O)O)CC2)C1. The number of piperidine rings is 1. The van der Waals surface area contributed by atoms with Gasteiger partial charge in [-0.25, -0.2) is 4.79 Å². The molecule has 3 amide bonds. The molecule has 140 valence electrons. The van der Waals surface area contributed by atoms with Gasteiger partial charge in [-0.2, -0.15) is 0 Å². The van der Waals surface area contributed by atoms with Crippen LogP contribution in [0.4, 0.5) is 4.79 Å². The van der Waals surface area contributed by atoms with E-state index in [4.69, 9.17) is 5.11 Å². The zero-order valence-corrected chi connectivity index (χ0v) is 14.6. The molecule has 0 radical (unpaired) electrons. The van der Waals surface area contributed by atoms with E-state index in [1.54, 1.807) is 11.1 Å². The molecule has 8 nitrogen and oxygen atoms in total. The van der Waals surface area contributed by atoms with Crippen LogP contribution in [0.3, 0.4) is 0 Å². The van der Waals surface area contributed by atoms with Crippen molar-refractivity contribution in [3.05, 3.63) is 30.1 Å². The molecule has 26 heavy (non-hydrogen) atoms. The Hall–Kier alpha value is -2.64. The number of carbonyl (C=O) groups is 3. The highest BCUT2D eigenvalue weighted by Crippen LogP contribution is 2.25. The fraction of sp³-hybridized carbons (Fsp3) is 0.556. The first-order valence-electron chi connectivity index (χ1n) is 8.99. The minimum Gasteiger partial charge on any atom is -0.465 e. The van der Waals surface area contributed by atoms with Gasteiger partial charge in [0.05, 0.1) is 5.92 Å². The van der Waals surface area contributed by atoms with Crippen molar-refractivity contribution in [2.24, 2.45) is 5.92 Å². The molecular formula is C18H24N4O4. The zero-order valence-electron chi connectivity index (χ0n) is 14.6. The van der Waals surface area contributed by atoms with E-state index in [2.05, 4.69) is 10.3 Å². The van der Waals surface area contributed by atoms with Crippen LogP contribution in [0.25, 0.3) is 0 Å². The number of carboxylic acid groups (broad SMARTS) is 1. The fourth-order valence-electron chi connectivity index (χ4n) is 3.63. The van der Waals surface area contributed by atoms with Crippen LogP contribution in [0.1, 0.15) is 25.0 Å². The maximum Gasteiger partial charge on any atom is 0.407 e. The van der Waals surface area contributed by atoms with Crippen LogP contribution in [0.2, 0.25) is 0 Å². The number of likely N-dealkylation sites (tertiary alicyclic amines) is 2. The molecule has 2 aliphatic heterocycles. The minimum atomic E-state index is -0.915. The standard InChI is InChI=1S/C18H24N4O4/c23-16-11-13(17(24)20-8-4-14-3-1-2-7-19-14)12-22(16)15-5-9-21(10-6-15)18(25)26/h1-3,7,13,15H,4-6,8-12H2,(H,20,24)(H,25,26). The maximum absolute atomic E-state index is 12.4. The van der Waals surface area contributed by atoms with Gasteiger partial charge in [-0.05, 0) is 25.0 Å². The van der Waals surface area contributed by atoms with Gasteiger partial charge in [-0.3, -0.25) is 14.6 Å². The average molecular weight is 360 g/mol. The Morgan fingerprint density at radius 3 is 2.69 bits per heavy atom. The highest BCUT2D eigenvalue weighted by molar-refractivity contribution is 5.89. The Kier molecular flexibility index (Phi) is 5.70. The first-order chi connectivity index (χ1) is 12.5. The molecule has 0 bridgehead atoms. The lowest BCUT2D eigenvalue weighted by molar-refractivity contribution is -0.131. The summed E-state index contributed by atoms with van der Waals surface area (Å²) < 4.78 is 0. The summed E-state index contributed by atoms with van der Waals surface area (Å²) in [4.78, 5) is 43.0. The van der Waals surface area contributed by atoms with Crippen LogP contribution in [-0.4, -0.2) is 70.0 Å². The molecular weight excluding hydrogens is 336 g/mol. The van der Waals surface area contributed by atoms with Crippen molar-refractivity contribution in [3.63, 3.8) is 0 Å².